The van der Waals surface area contributed by atoms with Crippen molar-refractivity contribution in [3.05, 3.63) is 76.7 Å². The Morgan fingerprint density at radius 1 is 1.14 bits per heavy atom. The number of halogens is 1. The number of fused-ring (bicyclic) bond motifs is 3. The van der Waals surface area contributed by atoms with Gasteiger partial charge in [-0.2, -0.15) is 0 Å². The molecule has 3 heterocycles. The fourth-order valence-electron chi connectivity index (χ4n) is 3.40. The van der Waals surface area contributed by atoms with Crippen molar-refractivity contribution in [1.82, 2.24) is 14.0 Å². The molecule has 6 nitrogen and oxygen atoms in total. The zero-order valence-corrected chi connectivity index (χ0v) is 15.3. The molecule has 142 valence electrons. The highest BCUT2D eigenvalue weighted by Crippen LogP contribution is 2.18. The van der Waals surface area contributed by atoms with E-state index in [0.717, 1.165) is 0 Å². The Morgan fingerprint density at radius 3 is 2.82 bits per heavy atom. The molecule has 0 amide bonds. The smallest absolute Gasteiger partial charge is 0.275 e. The first kappa shape index (κ1) is 17.9. The summed E-state index contributed by atoms with van der Waals surface area (Å²) in [5.41, 5.74) is 1.95. The molecule has 1 aromatic carbocycles. The van der Waals surface area contributed by atoms with Crippen LogP contribution in [0.15, 0.2) is 59.7 Å². The molecular weight excluding hydrogens is 361 g/mol. The summed E-state index contributed by atoms with van der Waals surface area (Å²) in [5, 5.41) is 0. The predicted molar refractivity (Wildman–Crippen MR) is 103 cm³/mol. The van der Waals surface area contributed by atoms with E-state index in [-0.39, 0.29) is 30.7 Å². The normalized spacial score (nSPS) is 11.2. The third-order valence-electron chi connectivity index (χ3n) is 4.75. The van der Waals surface area contributed by atoms with Crippen molar-refractivity contribution in [2.75, 3.05) is 7.11 Å². The number of rotatable bonds is 6. The summed E-state index contributed by atoms with van der Waals surface area (Å²) in [5.74, 6) is 0.0376. The van der Waals surface area contributed by atoms with Crippen LogP contribution in [0.5, 0.6) is 5.75 Å². The molecule has 0 N–H and O–H groups in total. The van der Waals surface area contributed by atoms with Crippen LogP contribution in [0, 0.1) is 5.82 Å². The standard InChI is InChI=1S/C21H18FN3O3/c1-28-20-5-2-9-23-16(20)13-15(26)8-11-25-19-12-14(22)6-7-17(19)24-10-3-4-18(24)21(25)27/h2-7,9-10,12H,8,11,13H2,1H3. The van der Waals surface area contributed by atoms with Crippen molar-refractivity contribution in [3.8, 4) is 5.75 Å². The number of aryl methyl sites for hydroxylation is 1. The number of ketones is 1. The molecule has 3 aromatic heterocycles. The van der Waals surface area contributed by atoms with E-state index < -0.39 is 5.82 Å². The minimum Gasteiger partial charge on any atom is -0.495 e. The SMILES string of the molecule is COc1cccnc1CC(=O)CCn1c(=O)c2cccn2c2ccc(F)cc21. The summed E-state index contributed by atoms with van der Waals surface area (Å²) < 4.78 is 22.2. The van der Waals surface area contributed by atoms with E-state index in [0.29, 0.717) is 28.0 Å². The van der Waals surface area contributed by atoms with E-state index >= 15 is 0 Å². The van der Waals surface area contributed by atoms with Gasteiger partial charge in [0.05, 0.1) is 30.3 Å². The largest absolute Gasteiger partial charge is 0.495 e. The second-order valence-electron chi connectivity index (χ2n) is 6.47. The number of pyridine rings is 1. The first-order valence-electron chi connectivity index (χ1n) is 8.87. The van der Waals surface area contributed by atoms with Crippen molar-refractivity contribution in [2.24, 2.45) is 0 Å². The maximum Gasteiger partial charge on any atom is 0.275 e. The molecule has 0 aliphatic heterocycles. The zero-order chi connectivity index (χ0) is 19.7. The number of methoxy groups -OCH3 is 1. The number of carbonyl (C=O) groups is 1. The number of aromatic nitrogens is 3. The summed E-state index contributed by atoms with van der Waals surface area (Å²) in [6.45, 7) is 0.161. The molecule has 0 fully saturated rings. The Morgan fingerprint density at radius 2 is 2.00 bits per heavy atom. The number of hydrogen-bond donors (Lipinski definition) is 0. The van der Waals surface area contributed by atoms with Crippen LogP contribution in [0.2, 0.25) is 0 Å². The Kier molecular flexibility index (Phi) is 4.65. The minimum absolute atomic E-state index is 0.0799. The Labute approximate surface area is 159 Å². The molecule has 0 saturated heterocycles. The molecule has 0 atom stereocenters. The van der Waals surface area contributed by atoms with Crippen LogP contribution in [0.1, 0.15) is 12.1 Å². The lowest BCUT2D eigenvalue weighted by molar-refractivity contribution is -0.118. The number of benzene rings is 1. The number of Topliss-reactive ketones (excluding diaryl/α,β-unsaturated/α-hetero) is 1. The van der Waals surface area contributed by atoms with Crippen LogP contribution in [0.25, 0.3) is 16.6 Å². The van der Waals surface area contributed by atoms with E-state index in [2.05, 4.69) is 4.98 Å². The molecule has 0 spiro atoms. The summed E-state index contributed by atoms with van der Waals surface area (Å²) in [6.07, 6.45) is 3.60. The Balaban J connectivity index is 1.65. The van der Waals surface area contributed by atoms with Gasteiger partial charge in [-0.3, -0.25) is 14.6 Å². The Bertz CT molecular complexity index is 1240. The highest BCUT2D eigenvalue weighted by atomic mass is 19.1. The van der Waals surface area contributed by atoms with Crippen LogP contribution >= 0.6 is 0 Å². The summed E-state index contributed by atoms with van der Waals surface area (Å²) in [6, 6.07) is 11.3. The lowest BCUT2D eigenvalue weighted by atomic mass is 10.1. The van der Waals surface area contributed by atoms with Crippen LogP contribution < -0.4 is 10.3 Å². The van der Waals surface area contributed by atoms with Gasteiger partial charge in [-0.1, -0.05) is 0 Å². The van der Waals surface area contributed by atoms with Gasteiger partial charge in [-0.25, -0.2) is 4.39 Å². The molecule has 0 unspecified atom stereocenters. The maximum absolute atomic E-state index is 13.8. The average molecular weight is 379 g/mol. The lowest BCUT2D eigenvalue weighted by Gasteiger charge is -2.13. The van der Waals surface area contributed by atoms with Gasteiger partial charge in [0.15, 0.2) is 0 Å². The predicted octanol–water partition coefficient (Wildman–Crippen LogP) is 3.00. The van der Waals surface area contributed by atoms with Crippen LogP contribution in [0.3, 0.4) is 0 Å². The van der Waals surface area contributed by atoms with Gasteiger partial charge >= 0.3 is 0 Å². The monoisotopic (exact) mass is 379 g/mol. The van der Waals surface area contributed by atoms with Crippen LogP contribution in [-0.4, -0.2) is 26.8 Å². The summed E-state index contributed by atoms with van der Waals surface area (Å²) in [4.78, 5) is 29.5. The first-order valence-corrected chi connectivity index (χ1v) is 8.87. The third kappa shape index (κ3) is 3.15. The average Bonchev–Trinajstić information content (AvgIpc) is 3.18. The van der Waals surface area contributed by atoms with E-state index in [1.807, 2.05) is 0 Å². The molecule has 28 heavy (non-hydrogen) atoms. The van der Waals surface area contributed by atoms with Crippen molar-refractivity contribution >= 4 is 22.3 Å². The van der Waals surface area contributed by atoms with Gasteiger partial charge in [0.25, 0.3) is 5.56 Å². The highest BCUT2D eigenvalue weighted by molar-refractivity contribution is 5.82. The van der Waals surface area contributed by atoms with E-state index in [1.54, 1.807) is 47.1 Å². The van der Waals surface area contributed by atoms with E-state index in [9.17, 15) is 14.0 Å². The van der Waals surface area contributed by atoms with Crippen LogP contribution in [0.4, 0.5) is 4.39 Å². The van der Waals surface area contributed by atoms with Gasteiger partial charge in [0.1, 0.15) is 22.9 Å². The number of carbonyl (C=O) groups excluding carboxylic acids is 1. The third-order valence-corrected chi connectivity index (χ3v) is 4.75. The molecule has 4 rings (SSSR count). The first-order chi connectivity index (χ1) is 13.6. The number of nitrogens with zero attached hydrogens (tertiary/aromatic N) is 3. The van der Waals surface area contributed by atoms with Gasteiger partial charge in [-0.15, -0.1) is 0 Å². The number of ether oxygens (including phenoxy) is 1. The van der Waals surface area contributed by atoms with Crippen molar-refractivity contribution < 1.29 is 13.9 Å². The molecule has 0 aliphatic rings. The van der Waals surface area contributed by atoms with Crippen LogP contribution in [-0.2, 0) is 17.8 Å². The van der Waals surface area contributed by atoms with Gasteiger partial charge < -0.3 is 13.7 Å². The quantitative estimate of drug-likeness (QED) is 0.517. The van der Waals surface area contributed by atoms with E-state index in [1.165, 1.54) is 23.8 Å². The minimum atomic E-state index is -0.434. The highest BCUT2D eigenvalue weighted by Gasteiger charge is 2.14. The van der Waals surface area contributed by atoms with Crippen molar-refractivity contribution in [3.63, 3.8) is 0 Å². The molecule has 0 bridgehead atoms. The molecule has 4 aromatic rings. The number of hydrogen-bond acceptors (Lipinski definition) is 4. The zero-order valence-electron chi connectivity index (χ0n) is 15.3. The fourth-order valence-corrected chi connectivity index (χ4v) is 3.40. The second-order valence-corrected chi connectivity index (χ2v) is 6.47. The van der Waals surface area contributed by atoms with Gasteiger partial charge in [0, 0.05) is 25.4 Å². The van der Waals surface area contributed by atoms with Crippen molar-refractivity contribution in [1.29, 1.82) is 0 Å². The van der Waals surface area contributed by atoms with Crippen molar-refractivity contribution in [2.45, 2.75) is 19.4 Å². The summed E-state index contributed by atoms with van der Waals surface area (Å²) >= 11 is 0. The molecule has 0 saturated carbocycles. The van der Waals surface area contributed by atoms with Gasteiger partial charge in [0.2, 0.25) is 0 Å². The molecule has 0 radical (unpaired) electrons. The molecule has 7 heteroatoms. The second kappa shape index (κ2) is 7.26. The maximum atomic E-state index is 13.8. The Hall–Kier alpha value is -3.48. The molecular formula is C21H18FN3O3. The van der Waals surface area contributed by atoms with E-state index in [4.69, 9.17) is 4.74 Å². The summed E-state index contributed by atoms with van der Waals surface area (Å²) in [7, 11) is 1.53. The topological polar surface area (TPSA) is 65.6 Å². The fraction of sp³-hybridized carbons (Fsp3) is 0.190. The van der Waals surface area contributed by atoms with Gasteiger partial charge in [-0.05, 0) is 42.5 Å². The molecule has 0 aliphatic carbocycles. The lowest BCUT2D eigenvalue weighted by Crippen LogP contribution is -2.24.